The molecule has 14 heavy (non-hydrogen) atoms. The Bertz CT molecular complexity index is 353. The van der Waals surface area contributed by atoms with Gasteiger partial charge in [-0.15, -0.1) is 0 Å². The third kappa shape index (κ3) is 1.45. The Morgan fingerprint density at radius 2 is 2.21 bits per heavy atom. The minimum Gasteiger partial charge on any atom is -0.294 e. The summed E-state index contributed by atoms with van der Waals surface area (Å²) in [6, 6.07) is 0.156. The van der Waals surface area contributed by atoms with Crippen LogP contribution in [0.1, 0.15) is 49.0 Å². The predicted molar refractivity (Wildman–Crippen MR) is 49.7 cm³/mol. The topological polar surface area (TPSA) is 34.9 Å². The van der Waals surface area contributed by atoms with Crippen molar-refractivity contribution >= 4 is 5.78 Å². The maximum absolute atomic E-state index is 13.6. The van der Waals surface area contributed by atoms with E-state index >= 15 is 0 Å². The molecule has 0 atom stereocenters. The molecule has 1 aromatic rings. The van der Waals surface area contributed by atoms with Crippen molar-refractivity contribution in [2.75, 3.05) is 0 Å². The van der Waals surface area contributed by atoms with Crippen LogP contribution < -0.4 is 0 Å². The van der Waals surface area contributed by atoms with Gasteiger partial charge < -0.3 is 0 Å². The fraction of sp³-hybridized carbons (Fsp3) is 0.600. The fourth-order valence-corrected chi connectivity index (χ4v) is 1.99. The van der Waals surface area contributed by atoms with Gasteiger partial charge in [-0.05, 0) is 19.8 Å². The average Bonchev–Trinajstić information content (AvgIpc) is 2.71. The average molecular weight is 196 g/mol. The molecule has 0 saturated heterocycles. The van der Waals surface area contributed by atoms with Gasteiger partial charge in [-0.2, -0.15) is 9.49 Å². The van der Waals surface area contributed by atoms with Crippen molar-refractivity contribution < 1.29 is 9.18 Å². The summed E-state index contributed by atoms with van der Waals surface area (Å²) < 4.78 is 15.0. The molecule has 2 rings (SSSR count). The maximum atomic E-state index is 13.6. The minimum absolute atomic E-state index is 0.108. The van der Waals surface area contributed by atoms with Gasteiger partial charge in [0.2, 0.25) is 5.95 Å². The van der Waals surface area contributed by atoms with E-state index in [4.69, 9.17) is 0 Å². The van der Waals surface area contributed by atoms with Crippen LogP contribution in [0.4, 0.5) is 4.39 Å². The van der Waals surface area contributed by atoms with Crippen LogP contribution in [0.25, 0.3) is 0 Å². The maximum Gasteiger partial charge on any atom is 0.222 e. The van der Waals surface area contributed by atoms with E-state index in [1.807, 2.05) is 0 Å². The first-order valence-electron chi connectivity index (χ1n) is 4.94. The zero-order chi connectivity index (χ0) is 10.1. The number of carbonyl (C=O) groups is 1. The van der Waals surface area contributed by atoms with E-state index in [1.165, 1.54) is 17.8 Å². The van der Waals surface area contributed by atoms with Crippen LogP contribution in [0.2, 0.25) is 0 Å². The number of ketones is 1. The van der Waals surface area contributed by atoms with Gasteiger partial charge in [0.1, 0.15) is 0 Å². The molecule has 0 spiro atoms. The van der Waals surface area contributed by atoms with Gasteiger partial charge in [0.05, 0.1) is 17.8 Å². The quantitative estimate of drug-likeness (QED) is 0.680. The number of hydrogen-bond acceptors (Lipinski definition) is 2. The first-order valence-corrected chi connectivity index (χ1v) is 4.94. The van der Waals surface area contributed by atoms with Crippen molar-refractivity contribution in [2.24, 2.45) is 0 Å². The fourth-order valence-electron chi connectivity index (χ4n) is 1.99. The lowest BCUT2D eigenvalue weighted by atomic mass is 10.2. The lowest BCUT2D eigenvalue weighted by Gasteiger charge is -2.09. The molecule has 1 heterocycles. The van der Waals surface area contributed by atoms with E-state index < -0.39 is 5.95 Å². The Morgan fingerprint density at radius 1 is 1.57 bits per heavy atom. The van der Waals surface area contributed by atoms with Crippen LogP contribution in [-0.2, 0) is 0 Å². The van der Waals surface area contributed by atoms with Gasteiger partial charge >= 0.3 is 0 Å². The number of halogens is 1. The summed E-state index contributed by atoms with van der Waals surface area (Å²) in [5.41, 5.74) is 0.108. The number of nitrogens with zero attached hydrogens (tertiary/aromatic N) is 2. The van der Waals surface area contributed by atoms with E-state index in [0.717, 1.165) is 25.7 Å². The van der Waals surface area contributed by atoms with Crippen LogP contribution in [0.3, 0.4) is 0 Å². The first-order chi connectivity index (χ1) is 6.70. The summed E-state index contributed by atoms with van der Waals surface area (Å²) in [5.74, 6) is -0.726. The molecule has 4 heteroatoms. The second kappa shape index (κ2) is 3.52. The predicted octanol–water partition coefficient (Wildman–Crippen LogP) is 2.34. The van der Waals surface area contributed by atoms with Crippen molar-refractivity contribution in [1.29, 1.82) is 0 Å². The van der Waals surface area contributed by atoms with Crippen molar-refractivity contribution in [3.05, 3.63) is 17.7 Å². The number of rotatable bonds is 2. The van der Waals surface area contributed by atoms with Crippen LogP contribution >= 0.6 is 0 Å². The second-order valence-electron chi connectivity index (χ2n) is 3.79. The Morgan fingerprint density at radius 3 is 2.71 bits per heavy atom. The van der Waals surface area contributed by atoms with E-state index in [0.29, 0.717) is 0 Å². The third-order valence-electron chi connectivity index (χ3n) is 2.78. The molecule has 0 N–H and O–H groups in total. The molecule has 1 saturated carbocycles. The molecule has 1 fully saturated rings. The highest BCUT2D eigenvalue weighted by Crippen LogP contribution is 2.30. The largest absolute Gasteiger partial charge is 0.294 e. The molecule has 0 radical (unpaired) electrons. The Hall–Kier alpha value is -1.19. The highest BCUT2D eigenvalue weighted by atomic mass is 19.1. The Labute approximate surface area is 81.9 Å². The van der Waals surface area contributed by atoms with Crippen molar-refractivity contribution in [2.45, 2.75) is 38.6 Å². The molecule has 0 aliphatic heterocycles. The van der Waals surface area contributed by atoms with E-state index in [1.54, 1.807) is 0 Å². The SMILES string of the molecule is CC(=O)c1cnn(C2CCCC2)c1F. The highest BCUT2D eigenvalue weighted by molar-refractivity contribution is 5.93. The highest BCUT2D eigenvalue weighted by Gasteiger charge is 2.23. The summed E-state index contributed by atoms with van der Waals surface area (Å²) >= 11 is 0. The normalized spacial score (nSPS) is 17.6. The zero-order valence-electron chi connectivity index (χ0n) is 8.16. The molecule has 0 bridgehead atoms. The molecule has 3 nitrogen and oxygen atoms in total. The number of hydrogen-bond donors (Lipinski definition) is 0. The zero-order valence-corrected chi connectivity index (χ0v) is 8.16. The Balaban J connectivity index is 2.30. The van der Waals surface area contributed by atoms with Crippen molar-refractivity contribution in [3.63, 3.8) is 0 Å². The standard InChI is InChI=1S/C10H13FN2O/c1-7(14)9-6-12-13(10(9)11)8-4-2-3-5-8/h6,8H,2-5H2,1H3. The summed E-state index contributed by atoms with van der Waals surface area (Å²) in [5, 5.41) is 3.94. The van der Waals surface area contributed by atoms with Gasteiger partial charge in [-0.1, -0.05) is 12.8 Å². The molecule has 0 amide bonds. The number of carbonyl (C=O) groups excluding carboxylic acids is 1. The third-order valence-corrected chi connectivity index (χ3v) is 2.78. The van der Waals surface area contributed by atoms with Crippen LogP contribution in [0.5, 0.6) is 0 Å². The van der Waals surface area contributed by atoms with Crippen LogP contribution in [0, 0.1) is 5.95 Å². The molecule has 76 valence electrons. The lowest BCUT2D eigenvalue weighted by molar-refractivity contribution is 0.101. The van der Waals surface area contributed by atoms with Crippen molar-refractivity contribution in [1.82, 2.24) is 9.78 Å². The van der Waals surface area contributed by atoms with Gasteiger partial charge in [-0.3, -0.25) is 4.79 Å². The monoisotopic (exact) mass is 196 g/mol. The smallest absolute Gasteiger partial charge is 0.222 e. The molecule has 0 unspecified atom stereocenters. The minimum atomic E-state index is -0.468. The van der Waals surface area contributed by atoms with Gasteiger partial charge in [0.15, 0.2) is 5.78 Å². The van der Waals surface area contributed by atoms with E-state index in [2.05, 4.69) is 5.10 Å². The molecule has 1 aromatic heterocycles. The molecular weight excluding hydrogens is 183 g/mol. The first kappa shape index (κ1) is 9.37. The van der Waals surface area contributed by atoms with Gasteiger partial charge in [0.25, 0.3) is 0 Å². The molecule has 0 aromatic carbocycles. The molecular formula is C10H13FN2O. The van der Waals surface area contributed by atoms with E-state index in [-0.39, 0.29) is 17.4 Å². The van der Waals surface area contributed by atoms with Gasteiger partial charge in [0, 0.05) is 0 Å². The second-order valence-corrected chi connectivity index (χ2v) is 3.79. The summed E-state index contributed by atoms with van der Waals surface area (Å²) in [6.07, 6.45) is 5.51. The summed E-state index contributed by atoms with van der Waals surface area (Å²) in [4.78, 5) is 11.0. The van der Waals surface area contributed by atoms with Crippen LogP contribution in [-0.4, -0.2) is 15.6 Å². The lowest BCUT2D eigenvalue weighted by Crippen LogP contribution is -2.10. The van der Waals surface area contributed by atoms with Crippen LogP contribution in [0.15, 0.2) is 6.20 Å². The van der Waals surface area contributed by atoms with Gasteiger partial charge in [-0.25, -0.2) is 4.68 Å². The summed E-state index contributed by atoms with van der Waals surface area (Å²) in [7, 11) is 0. The molecule has 1 aliphatic rings. The summed E-state index contributed by atoms with van der Waals surface area (Å²) in [6.45, 7) is 1.36. The van der Waals surface area contributed by atoms with E-state index in [9.17, 15) is 9.18 Å². The number of aromatic nitrogens is 2. The Kier molecular flexibility index (Phi) is 2.35. The molecule has 1 aliphatic carbocycles. The number of Topliss-reactive ketones (excluding diaryl/α,β-unsaturated/α-hetero) is 1. The van der Waals surface area contributed by atoms with Crippen molar-refractivity contribution in [3.8, 4) is 0 Å².